The molecule has 0 saturated heterocycles. The average Bonchev–Trinajstić information content (AvgIpc) is 2.61. The van der Waals surface area contributed by atoms with E-state index in [2.05, 4.69) is 64.2 Å². The van der Waals surface area contributed by atoms with Crippen LogP contribution in [0.4, 0.5) is 5.69 Å². The minimum Gasteiger partial charge on any atom is -0.305 e. The molecular formula is C22H25NOS. The van der Waals surface area contributed by atoms with Gasteiger partial charge in [-0.15, -0.1) is 12.6 Å². The second-order valence-electron chi connectivity index (χ2n) is 6.08. The molecule has 2 aromatic rings. The van der Waals surface area contributed by atoms with E-state index < -0.39 is 0 Å². The van der Waals surface area contributed by atoms with Crippen LogP contribution >= 0.6 is 12.6 Å². The van der Waals surface area contributed by atoms with Crippen LogP contribution in [0.5, 0.6) is 0 Å². The fourth-order valence-electron chi connectivity index (χ4n) is 2.90. The van der Waals surface area contributed by atoms with E-state index in [1.807, 2.05) is 30.0 Å². The molecule has 130 valence electrons. The number of aryl methyl sites for hydroxylation is 3. The first-order valence-corrected chi connectivity index (χ1v) is 8.87. The van der Waals surface area contributed by atoms with Crippen molar-refractivity contribution in [1.82, 2.24) is 0 Å². The summed E-state index contributed by atoms with van der Waals surface area (Å²) in [4.78, 5) is 13.3. The van der Waals surface area contributed by atoms with Gasteiger partial charge in [-0.2, -0.15) is 0 Å². The number of carbonyl (C=O) groups is 1. The summed E-state index contributed by atoms with van der Waals surface area (Å²) < 4.78 is 0. The van der Waals surface area contributed by atoms with Gasteiger partial charge in [0.05, 0.1) is 5.03 Å². The molecule has 0 aromatic heterocycles. The maximum atomic E-state index is 11.2. The first-order valence-electron chi connectivity index (χ1n) is 8.43. The van der Waals surface area contributed by atoms with Gasteiger partial charge in [-0.05, 0) is 67.6 Å². The van der Waals surface area contributed by atoms with Gasteiger partial charge >= 0.3 is 0 Å². The van der Waals surface area contributed by atoms with Gasteiger partial charge in [0.15, 0.2) is 0 Å². The summed E-state index contributed by atoms with van der Waals surface area (Å²) in [6.07, 6.45) is 3.77. The zero-order valence-electron chi connectivity index (χ0n) is 15.3. The summed E-state index contributed by atoms with van der Waals surface area (Å²) in [5.74, 6) is 0. The van der Waals surface area contributed by atoms with Crippen LogP contribution in [0.25, 0.3) is 5.70 Å². The number of nitrogens with zero attached hydrogens (tertiary/aromatic N) is 1. The molecule has 2 aromatic carbocycles. The van der Waals surface area contributed by atoms with Crippen LogP contribution in [0.15, 0.2) is 54.1 Å². The Morgan fingerprint density at radius 1 is 1.16 bits per heavy atom. The van der Waals surface area contributed by atoms with E-state index in [0.29, 0.717) is 5.03 Å². The monoisotopic (exact) mass is 351 g/mol. The molecule has 0 saturated carbocycles. The zero-order valence-corrected chi connectivity index (χ0v) is 16.2. The van der Waals surface area contributed by atoms with Gasteiger partial charge in [-0.3, -0.25) is 4.79 Å². The normalized spacial score (nSPS) is 11.3. The Morgan fingerprint density at radius 2 is 1.88 bits per heavy atom. The van der Waals surface area contributed by atoms with Crippen LogP contribution in [0.3, 0.4) is 0 Å². The Morgan fingerprint density at radius 3 is 2.40 bits per heavy atom. The Hall–Kier alpha value is -2.26. The summed E-state index contributed by atoms with van der Waals surface area (Å²) >= 11 is 4.53. The lowest BCUT2D eigenvalue weighted by atomic mass is 10.00. The summed E-state index contributed by atoms with van der Waals surface area (Å²) in [6.45, 7) is 12.3. The first-order chi connectivity index (χ1) is 11.9. The van der Waals surface area contributed by atoms with Crippen LogP contribution in [-0.2, 0) is 6.42 Å². The minimum atomic E-state index is 0.647. The van der Waals surface area contributed by atoms with Crippen LogP contribution in [0.1, 0.15) is 46.5 Å². The van der Waals surface area contributed by atoms with Crippen molar-refractivity contribution in [1.29, 1.82) is 0 Å². The van der Waals surface area contributed by atoms with Crippen molar-refractivity contribution in [2.45, 2.75) is 34.1 Å². The highest BCUT2D eigenvalue weighted by Crippen LogP contribution is 2.33. The van der Waals surface area contributed by atoms with Crippen LogP contribution in [0.2, 0.25) is 0 Å². The van der Waals surface area contributed by atoms with Crippen molar-refractivity contribution in [3.63, 3.8) is 0 Å². The van der Waals surface area contributed by atoms with Crippen molar-refractivity contribution in [3.05, 3.63) is 81.9 Å². The third-order valence-electron chi connectivity index (χ3n) is 4.47. The summed E-state index contributed by atoms with van der Waals surface area (Å²) in [5.41, 5.74) is 7.31. The molecule has 0 bridgehead atoms. The molecule has 0 aliphatic rings. The molecule has 25 heavy (non-hydrogen) atoms. The molecule has 0 spiro atoms. The highest BCUT2D eigenvalue weighted by molar-refractivity contribution is 7.84. The number of hydrogen-bond acceptors (Lipinski definition) is 3. The van der Waals surface area contributed by atoms with Crippen LogP contribution in [-0.4, -0.2) is 6.29 Å². The van der Waals surface area contributed by atoms with Gasteiger partial charge in [0.1, 0.15) is 6.29 Å². The Labute approximate surface area is 156 Å². The highest BCUT2D eigenvalue weighted by Gasteiger charge is 2.16. The van der Waals surface area contributed by atoms with Crippen molar-refractivity contribution in [2.75, 3.05) is 4.90 Å². The van der Waals surface area contributed by atoms with Gasteiger partial charge in [-0.25, -0.2) is 0 Å². The van der Waals surface area contributed by atoms with Crippen LogP contribution < -0.4 is 4.90 Å². The fraction of sp³-hybridized carbons (Fsp3) is 0.227. The summed E-state index contributed by atoms with van der Waals surface area (Å²) in [7, 11) is 0. The van der Waals surface area contributed by atoms with E-state index in [4.69, 9.17) is 0 Å². The predicted molar refractivity (Wildman–Crippen MR) is 111 cm³/mol. The SMILES string of the molecule is C=C(S)N(/C(=C\C)c1ccc(C=O)c(CC)c1)c1ccc(C)c(C)c1. The molecule has 0 amide bonds. The minimum absolute atomic E-state index is 0.647. The average molecular weight is 352 g/mol. The van der Waals surface area contributed by atoms with Gasteiger partial charge in [-0.1, -0.05) is 37.8 Å². The number of rotatable bonds is 6. The molecular weight excluding hydrogens is 326 g/mol. The number of hydrogen-bond donors (Lipinski definition) is 1. The molecule has 0 atom stereocenters. The first kappa shape index (κ1) is 19.1. The molecule has 0 unspecified atom stereocenters. The largest absolute Gasteiger partial charge is 0.305 e. The molecule has 0 N–H and O–H groups in total. The van der Waals surface area contributed by atoms with Gasteiger partial charge in [0.2, 0.25) is 0 Å². The number of thiol groups is 1. The van der Waals surface area contributed by atoms with E-state index in [0.717, 1.165) is 40.8 Å². The van der Waals surface area contributed by atoms with Crippen LogP contribution in [0, 0.1) is 13.8 Å². The molecule has 0 heterocycles. The maximum Gasteiger partial charge on any atom is 0.150 e. The Kier molecular flexibility index (Phi) is 6.27. The molecule has 3 heteroatoms. The van der Waals surface area contributed by atoms with Crippen molar-refractivity contribution in [2.24, 2.45) is 0 Å². The maximum absolute atomic E-state index is 11.2. The molecule has 2 rings (SSSR count). The molecule has 0 radical (unpaired) electrons. The number of anilines is 1. The van der Waals surface area contributed by atoms with Crippen molar-refractivity contribution >= 4 is 30.3 Å². The third kappa shape index (κ3) is 4.05. The number of aldehydes is 1. The van der Waals surface area contributed by atoms with E-state index in [1.54, 1.807) is 0 Å². The summed E-state index contributed by atoms with van der Waals surface area (Å²) in [6, 6.07) is 12.3. The molecule has 0 fully saturated rings. The number of carbonyl (C=O) groups excluding carboxylic acids is 1. The lowest BCUT2D eigenvalue weighted by Crippen LogP contribution is -2.18. The van der Waals surface area contributed by atoms with Crippen molar-refractivity contribution < 1.29 is 4.79 Å². The molecule has 0 aliphatic heterocycles. The standard InChI is InChI=1S/C22H25NOS/c1-6-18-13-19(9-10-20(18)14-24)22(7-2)23(17(5)25)21-11-8-15(3)16(4)12-21/h7-14,25H,5-6H2,1-4H3/b22-7-. The van der Waals surface area contributed by atoms with Crippen molar-refractivity contribution in [3.8, 4) is 0 Å². The Bertz CT molecular complexity index is 836. The lowest BCUT2D eigenvalue weighted by molar-refractivity contribution is 0.112. The predicted octanol–water partition coefficient (Wildman–Crippen LogP) is 5.95. The number of benzene rings is 2. The van der Waals surface area contributed by atoms with Gasteiger partial charge < -0.3 is 4.90 Å². The highest BCUT2D eigenvalue weighted by atomic mass is 32.1. The smallest absolute Gasteiger partial charge is 0.150 e. The van der Waals surface area contributed by atoms with E-state index in [1.165, 1.54) is 11.1 Å². The molecule has 2 nitrogen and oxygen atoms in total. The van der Waals surface area contributed by atoms with E-state index in [9.17, 15) is 4.79 Å². The Balaban J connectivity index is 2.57. The van der Waals surface area contributed by atoms with E-state index >= 15 is 0 Å². The lowest BCUT2D eigenvalue weighted by Gasteiger charge is -2.28. The molecule has 0 aliphatic carbocycles. The number of allylic oxidation sites excluding steroid dienone is 1. The quantitative estimate of drug-likeness (QED) is 0.513. The second-order valence-corrected chi connectivity index (χ2v) is 6.60. The van der Waals surface area contributed by atoms with Gasteiger partial charge in [0.25, 0.3) is 0 Å². The summed E-state index contributed by atoms with van der Waals surface area (Å²) in [5, 5.41) is 0.647. The van der Waals surface area contributed by atoms with E-state index in [-0.39, 0.29) is 0 Å². The van der Waals surface area contributed by atoms with Gasteiger partial charge in [0, 0.05) is 16.9 Å². The third-order valence-corrected chi connectivity index (χ3v) is 4.67. The second kappa shape index (κ2) is 8.21. The fourth-order valence-corrected chi connectivity index (χ4v) is 3.13. The zero-order chi connectivity index (χ0) is 18.6. The topological polar surface area (TPSA) is 20.3 Å².